The van der Waals surface area contributed by atoms with Crippen LogP contribution in [0.3, 0.4) is 0 Å². The normalized spacial score (nSPS) is 27.4. The summed E-state index contributed by atoms with van der Waals surface area (Å²) in [7, 11) is 0. The number of halogens is 1. The van der Waals surface area contributed by atoms with E-state index in [9.17, 15) is 9.28 Å². The molecule has 1 saturated heterocycles. The molecule has 0 spiro atoms. The molecule has 10 heavy (non-hydrogen) atoms. The van der Waals surface area contributed by atoms with Crippen LogP contribution in [0.2, 0.25) is 0 Å². The topological polar surface area (TPSA) is 46.3 Å². The number of hydrogen-bond donors (Lipinski definition) is 1. The van der Waals surface area contributed by atoms with E-state index in [4.69, 9.17) is 5.73 Å². The highest BCUT2D eigenvalue weighted by Gasteiger charge is 2.28. The van der Waals surface area contributed by atoms with Gasteiger partial charge in [0.1, 0.15) is 0 Å². The molecule has 0 aliphatic carbocycles. The van der Waals surface area contributed by atoms with Crippen LogP contribution in [0.25, 0.3) is 0 Å². The van der Waals surface area contributed by atoms with Crippen molar-refractivity contribution < 1.29 is 9.28 Å². The van der Waals surface area contributed by atoms with Gasteiger partial charge in [0.15, 0.2) is 0 Å². The molecule has 1 amide bonds. The van der Waals surface area contributed by atoms with E-state index in [1.807, 2.05) is 0 Å². The third kappa shape index (κ3) is 1.02. The van der Waals surface area contributed by atoms with E-state index < -0.39 is 11.9 Å². The highest BCUT2D eigenvalue weighted by molar-refractivity contribution is 5.83. The summed E-state index contributed by atoms with van der Waals surface area (Å²) < 4.78 is 12.5. The summed E-state index contributed by atoms with van der Waals surface area (Å²) in [5.41, 5.74) is 5.46. The summed E-state index contributed by atoms with van der Waals surface area (Å²) in [5, 5.41) is 0.0359. The molecule has 1 atom stereocenters. The average Bonchev–Trinajstić information content (AvgIpc) is 1.93. The van der Waals surface area contributed by atoms with Crippen LogP contribution in [0.5, 0.6) is 0 Å². The van der Waals surface area contributed by atoms with E-state index in [-0.39, 0.29) is 10.8 Å². The van der Waals surface area contributed by atoms with Crippen LogP contribution in [0.15, 0.2) is 12.3 Å². The zero-order valence-corrected chi connectivity index (χ0v) is 5.51. The smallest absolute Gasteiger partial charge is 0.271 e. The summed E-state index contributed by atoms with van der Waals surface area (Å²) in [6.45, 7) is 3.35. The van der Waals surface area contributed by atoms with Crippen LogP contribution in [-0.2, 0) is 4.79 Å². The Balaban J connectivity index is 2.70. The second kappa shape index (κ2) is 2.38. The van der Waals surface area contributed by atoms with E-state index in [1.54, 1.807) is 0 Å². The molecule has 0 aromatic carbocycles. The molecule has 1 aliphatic rings. The second-order valence-electron chi connectivity index (χ2n) is 2.33. The first-order valence-corrected chi connectivity index (χ1v) is 3.06. The van der Waals surface area contributed by atoms with Crippen LogP contribution in [-0.4, -0.2) is 17.1 Å². The van der Waals surface area contributed by atoms with Gasteiger partial charge >= 0.3 is 0 Å². The average molecular weight is 144 g/mol. The van der Waals surface area contributed by atoms with Gasteiger partial charge < -0.3 is 5.73 Å². The largest absolute Gasteiger partial charge is 0.320 e. The summed E-state index contributed by atoms with van der Waals surface area (Å²) in [6, 6.07) is -0.685. The van der Waals surface area contributed by atoms with Crippen molar-refractivity contribution in [2.75, 3.05) is 0 Å². The lowest BCUT2D eigenvalue weighted by Gasteiger charge is -2.23. The van der Waals surface area contributed by atoms with Gasteiger partial charge in [-0.15, -0.1) is 5.12 Å². The molecule has 4 heteroatoms. The van der Waals surface area contributed by atoms with E-state index in [0.29, 0.717) is 12.8 Å². The maximum absolute atomic E-state index is 12.5. The van der Waals surface area contributed by atoms with Gasteiger partial charge in [0, 0.05) is 5.70 Å². The highest BCUT2D eigenvalue weighted by Crippen LogP contribution is 2.18. The number of nitrogens with zero attached hydrogens (tertiary/aromatic N) is 1. The first kappa shape index (κ1) is 7.21. The van der Waals surface area contributed by atoms with Crippen molar-refractivity contribution in [1.82, 2.24) is 5.12 Å². The number of carbonyl (C=O) groups excluding carboxylic acids is 1. The van der Waals surface area contributed by atoms with Gasteiger partial charge in [0.05, 0.1) is 6.04 Å². The molecule has 1 unspecified atom stereocenters. The molecule has 2 N–H and O–H groups in total. The molecule has 0 saturated carbocycles. The minimum Gasteiger partial charge on any atom is -0.320 e. The maximum Gasteiger partial charge on any atom is 0.271 e. The zero-order chi connectivity index (χ0) is 7.72. The van der Waals surface area contributed by atoms with Crippen LogP contribution in [0.1, 0.15) is 12.8 Å². The van der Waals surface area contributed by atoms with Crippen molar-refractivity contribution in [2.24, 2.45) is 5.73 Å². The fourth-order valence-corrected chi connectivity index (χ4v) is 0.845. The van der Waals surface area contributed by atoms with Crippen LogP contribution < -0.4 is 5.73 Å². The predicted octanol–water partition coefficient (Wildman–Crippen LogP) is 0.334. The van der Waals surface area contributed by atoms with Crippen molar-refractivity contribution in [3.8, 4) is 0 Å². The van der Waals surface area contributed by atoms with Gasteiger partial charge in [-0.05, 0) is 12.8 Å². The van der Waals surface area contributed by atoms with Crippen molar-refractivity contribution in [3.63, 3.8) is 0 Å². The standard InChI is InChI=1S/C6H9FN2O/c1-4-2-3-5(8)6(10)9(4)7/h5H,1-3,8H2. The quantitative estimate of drug-likeness (QED) is 0.498. The third-order valence-corrected chi connectivity index (χ3v) is 1.53. The molecule has 1 aliphatic heterocycles. The van der Waals surface area contributed by atoms with Gasteiger partial charge in [-0.1, -0.05) is 11.1 Å². The first-order chi connectivity index (χ1) is 4.63. The van der Waals surface area contributed by atoms with Gasteiger partial charge in [-0.25, -0.2) is 0 Å². The number of amides is 1. The summed E-state index contributed by atoms with van der Waals surface area (Å²) >= 11 is 0. The van der Waals surface area contributed by atoms with Gasteiger partial charge in [-0.2, -0.15) is 0 Å². The first-order valence-electron chi connectivity index (χ1n) is 3.06. The van der Waals surface area contributed by atoms with Crippen molar-refractivity contribution >= 4 is 5.91 Å². The number of carbonyl (C=O) groups is 1. The molecule has 0 aromatic rings. The zero-order valence-electron chi connectivity index (χ0n) is 5.51. The molecule has 1 fully saturated rings. The van der Waals surface area contributed by atoms with Gasteiger partial charge in [0.25, 0.3) is 5.91 Å². The lowest BCUT2D eigenvalue weighted by Crippen LogP contribution is -2.43. The minimum atomic E-state index is -0.685. The monoisotopic (exact) mass is 144 g/mol. The lowest BCUT2D eigenvalue weighted by molar-refractivity contribution is -0.145. The molecule has 1 rings (SSSR count). The molecule has 3 nitrogen and oxygen atoms in total. The summed E-state index contributed by atoms with van der Waals surface area (Å²) in [6.07, 6.45) is 0.960. The fourth-order valence-electron chi connectivity index (χ4n) is 0.845. The Morgan fingerprint density at radius 3 is 2.90 bits per heavy atom. The van der Waals surface area contributed by atoms with Crippen LogP contribution >= 0.6 is 0 Å². The number of allylic oxidation sites excluding steroid dienone is 1. The second-order valence-corrected chi connectivity index (χ2v) is 2.33. The molecule has 1 heterocycles. The van der Waals surface area contributed by atoms with E-state index in [2.05, 4.69) is 6.58 Å². The Labute approximate surface area is 58.2 Å². The number of hydrogen-bond acceptors (Lipinski definition) is 2. The Morgan fingerprint density at radius 1 is 1.80 bits per heavy atom. The number of rotatable bonds is 0. The van der Waals surface area contributed by atoms with Crippen LogP contribution in [0.4, 0.5) is 4.48 Å². The van der Waals surface area contributed by atoms with E-state index >= 15 is 0 Å². The highest BCUT2D eigenvalue weighted by atomic mass is 19.2. The van der Waals surface area contributed by atoms with Crippen molar-refractivity contribution in [1.29, 1.82) is 0 Å². The molecule has 0 bridgehead atoms. The van der Waals surface area contributed by atoms with E-state index in [0.717, 1.165) is 0 Å². The molecule has 0 aromatic heterocycles. The Morgan fingerprint density at radius 2 is 2.40 bits per heavy atom. The minimum absolute atomic E-state index is 0.0359. The van der Waals surface area contributed by atoms with E-state index in [1.165, 1.54) is 0 Å². The maximum atomic E-state index is 12.5. The summed E-state index contributed by atoms with van der Waals surface area (Å²) in [4.78, 5) is 10.7. The Bertz CT molecular complexity index is 181. The Hall–Kier alpha value is -0.900. The van der Waals surface area contributed by atoms with Crippen LogP contribution in [0, 0.1) is 0 Å². The van der Waals surface area contributed by atoms with Crippen molar-refractivity contribution in [3.05, 3.63) is 12.3 Å². The Kier molecular flexibility index (Phi) is 1.72. The molecule has 56 valence electrons. The molecular weight excluding hydrogens is 135 g/mol. The van der Waals surface area contributed by atoms with Gasteiger partial charge in [0.2, 0.25) is 0 Å². The number of piperidine rings is 1. The SMILES string of the molecule is C=C1CCC(N)C(=O)N1F. The fraction of sp³-hybridized carbons (Fsp3) is 0.500. The van der Waals surface area contributed by atoms with Gasteiger partial charge in [-0.3, -0.25) is 4.79 Å². The summed E-state index contributed by atoms with van der Waals surface area (Å²) in [5.74, 6) is -0.684. The van der Waals surface area contributed by atoms with Crippen molar-refractivity contribution in [2.45, 2.75) is 18.9 Å². The number of nitrogens with two attached hydrogens (primary N) is 1. The molecular formula is C6H9FN2O. The third-order valence-electron chi connectivity index (χ3n) is 1.53. The molecule has 0 radical (unpaired) electrons. The lowest BCUT2D eigenvalue weighted by atomic mass is 10.1. The predicted molar refractivity (Wildman–Crippen MR) is 34.3 cm³/mol.